The van der Waals surface area contributed by atoms with Gasteiger partial charge in [0.25, 0.3) is 0 Å². The molecule has 0 bridgehead atoms. The standard InChI is InChI=1S/C14H15FN2O/c1-10-6-11(8-16-2)9-17-14(10)18-13-5-3-4-12(15)7-13/h3-7,9,16H,8H2,1-2H3. The molecule has 94 valence electrons. The third-order valence-electron chi connectivity index (χ3n) is 2.48. The summed E-state index contributed by atoms with van der Waals surface area (Å²) in [4.78, 5) is 4.24. The molecule has 4 heteroatoms. The molecule has 0 saturated carbocycles. The predicted molar refractivity (Wildman–Crippen MR) is 68.2 cm³/mol. The number of hydrogen-bond acceptors (Lipinski definition) is 3. The maximum atomic E-state index is 13.0. The molecule has 1 aromatic heterocycles. The Bertz CT molecular complexity index is 543. The Balaban J connectivity index is 2.19. The number of nitrogens with one attached hydrogen (secondary N) is 1. The fourth-order valence-corrected chi connectivity index (χ4v) is 1.67. The van der Waals surface area contributed by atoms with E-state index >= 15 is 0 Å². The third-order valence-corrected chi connectivity index (χ3v) is 2.48. The molecule has 0 radical (unpaired) electrons. The van der Waals surface area contributed by atoms with Crippen molar-refractivity contribution in [3.8, 4) is 11.6 Å². The second-order valence-electron chi connectivity index (χ2n) is 4.06. The van der Waals surface area contributed by atoms with E-state index in [4.69, 9.17) is 4.74 Å². The summed E-state index contributed by atoms with van der Waals surface area (Å²) in [5.74, 6) is 0.629. The molecule has 0 amide bonds. The highest BCUT2D eigenvalue weighted by molar-refractivity contribution is 5.33. The van der Waals surface area contributed by atoms with Gasteiger partial charge in [0.15, 0.2) is 0 Å². The first kappa shape index (κ1) is 12.5. The number of ether oxygens (including phenoxy) is 1. The largest absolute Gasteiger partial charge is 0.439 e. The van der Waals surface area contributed by atoms with Crippen LogP contribution >= 0.6 is 0 Å². The van der Waals surface area contributed by atoms with Crippen molar-refractivity contribution in [1.29, 1.82) is 0 Å². The van der Waals surface area contributed by atoms with E-state index < -0.39 is 0 Å². The molecule has 18 heavy (non-hydrogen) atoms. The molecule has 3 nitrogen and oxygen atoms in total. The lowest BCUT2D eigenvalue weighted by Crippen LogP contribution is -2.06. The summed E-state index contributed by atoms with van der Waals surface area (Å²) in [6.07, 6.45) is 1.75. The zero-order valence-corrected chi connectivity index (χ0v) is 10.4. The van der Waals surface area contributed by atoms with E-state index in [0.717, 1.165) is 17.7 Å². The molecule has 2 rings (SSSR count). The Kier molecular flexibility index (Phi) is 3.89. The van der Waals surface area contributed by atoms with Crippen molar-refractivity contribution in [2.75, 3.05) is 7.05 Å². The summed E-state index contributed by atoms with van der Waals surface area (Å²) in [5.41, 5.74) is 2.01. The Morgan fingerprint density at radius 2 is 2.17 bits per heavy atom. The van der Waals surface area contributed by atoms with E-state index in [1.54, 1.807) is 18.3 Å². The summed E-state index contributed by atoms with van der Waals surface area (Å²) < 4.78 is 18.6. The van der Waals surface area contributed by atoms with Crippen LogP contribution in [0.4, 0.5) is 4.39 Å². The monoisotopic (exact) mass is 246 g/mol. The van der Waals surface area contributed by atoms with Gasteiger partial charge in [0.05, 0.1) is 0 Å². The van der Waals surface area contributed by atoms with Gasteiger partial charge >= 0.3 is 0 Å². The first-order chi connectivity index (χ1) is 8.69. The molecule has 0 atom stereocenters. The van der Waals surface area contributed by atoms with E-state index in [1.165, 1.54) is 12.1 Å². The second-order valence-corrected chi connectivity index (χ2v) is 4.06. The molecule has 0 aliphatic rings. The zero-order chi connectivity index (χ0) is 13.0. The normalized spacial score (nSPS) is 10.4. The third kappa shape index (κ3) is 3.05. The number of rotatable bonds is 4. The van der Waals surface area contributed by atoms with E-state index in [0.29, 0.717) is 11.6 Å². The number of benzene rings is 1. The maximum Gasteiger partial charge on any atom is 0.222 e. The van der Waals surface area contributed by atoms with E-state index in [1.807, 2.05) is 20.0 Å². The average Bonchev–Trinajstić information content (AvgIpc) is 2.33. The maximum absolute atomic E-state index is 13.0. The number of halogens is 1. The van der Waals surface area contributed by atoms with Crippen LogP contribution in [-0.4, -0.2) is 12.0 Å². The first-order valence-corrected chi connectivity index (χ1v) is 5.72. The molecule has 1 aromatic carbocycles. The van der Waals surface area contributed by atoms with Gasteiger partial charge in [-0.25, -0.2) is 9.37 Å². The van der Waals surface area contributed by atoms with Crippen LogP contribution in [0.25, 0.3) is 0 Å². The minimum Gasteiger partial charge on any atom is -0.439 e. The van der Waals surface area contributed by atoms with E-state index in [-0.39, 0.29) is 5.82 Å². The van der Waals surface area contributed by atoms with Crippen molar-refractivity contribution in [3.05, 3.63) is 53.5 Å². The molecular weight excluding hydrogens is 231 g/mol. The van der Waals surface area contributed by atoms with Gasteiger partial charge in [-0.3, -0.25) is 0 Å². The van der Waals surface area contributed by atoms with Gasteiger partial charge in [0.2, 0.25) is 5.88 Å². The number of hydrogen-bond donors (Lipinski definition) is 1. The fraction of sp³-hybridized carbons (Fsp3) is 0.214. The van der Waals surface area contributed by atoms with Crippen LogP contribution in [-0.2, 0) is 6.54 Å². The number of pyridine rings is 1. The molecule has 0 unspecified atom stereocenters. The Morgan fingerprint density at radius 3 is 2.83 bits per heavy atom. The van der Waals surface area contributed by atoms with Gasteiger partial charge in [0, 0.05) is 24.4 Å². The van der Waals surface area contributed by atoms with Crippen LogP contribution < -0.4 is 10.1 Å². The molecule has 0 aliphatic heterocycles. The topological polar surface area (TPSA) is 34.2 Å². The lowest BCUT2D eigenvalue weighted by Gasteiger charge is -2.09. The molecule has 0 aliphatic carbocycles. The molecule has 2 aromatic rings. The van der Waals surface area contributed by atoms with Gasteiger partial charge in [-0.15, -0.1) is 0 Å². The zero-order valence-electron chi connectivity index (χ0n) is 10.4. The lowest BCUT2D eigenvalue weighted by molar-refractivity contribution is 0.453. The smallest absolute Gasteiger partial charge is 0.222 e. The van der Waals surface area contributed by atoms with Crippen molar-refractivity contribution in [2.45, 2.75) is 13.5 Å². The minimum atomic E-state index is -0.322. The summed E-state index contributed by atoms with van der Waals surface area (Å²) in [7, 11) is 1.88. The van der Waals surface area contributed by atoms with E-state index in [2.05, 4.69) is 10.3 Å². The first-order valence-electron chi connectivity index (χ1n) is 5.72. The summed E-state index contributed by atoms with van der Waals surface area (Å²) in [6.45, 7) is 2.68. The highest BCUT2D eigenvalue weighted by atomic mass is 19.1. The summed E-state index contributed by atoms with van der Waals surface area (Å²) in [5, 5.41) is 3.06. The van der Waals surface area contributed by atoms with Crippen molar-refractivity contribution in [1.82, 2.24) is 10.3 Å². The predicted octanol–water partition coefficient (Wildman–Crippen LogP) is 3.04. The Labute approximate surface area is 106 Å². The van der Waals surface area contributed by atoms with Crippen LogP contribution in [0.2, 0.25) is 0 Å². The highest BCUT2D eigenvalue weighted by Gasteiger charge is 2.05. The highest BCUT2D eigenvalue weighted by Crippen LogP contribution is 2.23. The number of aromatic nitrogens is 1. The molecule has 1 N–H and O–H groups in total. The van der Waals surface area contributed by atoms with Crippen molar-refractivity contribution < 1.29 is 9.13 Å². The fourth-order valence-electron chi connectivity index (χ4n) is 1.67. The molecule has 1 heterocycles. The Morgan fingerprint density at radius 1 is 1.33 bits per heavy atom. The average molecular weight is 246 g/mol. The summed E-state index contributed by atoms with van der Waals surface area (Å²) >= 11 is 0. The van der Waals surface area contributed by atoms with Gasteiger partial charge in [0.1, 0.15) is 11.6 Å². The van der Waals surface area contributed by atoms with E-state index in [9.17, 15) is 4.39 Å². The number of nitrogens with zero attached hydrogens (tertiary/aromatic N) is 1. The summed E-state index contributed by atoms with van der Waals surface area (Å²) in [6, 6.07) is 8.02. The van der Waals surface area contributed by atoms with Crippen molar-refractivity contribution >= 4 is 0 Å². The van der Waals surface area contributed by atoms with Crippen LogP contribution in [0.5, 0.6) is 11.6 Å². The minimum absolute atomic E-state index is 0.322. The molecule has 0 fully saturated rings. The van der Waals surface area contributed by atoms with Crippen LogP contribution in [0.15, 0.2) is 36.5 Å². The van der Waals surface area contributed by atoms with Crippen LogP contribution in [0, 0.1) is 12.7 Å². The van der Waals surface area contributed by atoms with Gasteiger partial charge in [-0.2, -0.15) is 0 Å². The quantitative estimate of drug-likeness (QED) is 0.900. The number of aryl methyl sites for hydroxylation is 1. The van der Waals surface area contributed by atoms with Gasteiger partial charge in [-0.05, 0) is 37.7 Å². The second kappa shape index (κ2) is 5.60. The van der Waals surface area contributed by atoms with Gasteiger partial charge < -0.3 is 10.1 Å². The van der Waals surface area contributed by atoms with Gasteiger partial charge in [-0.1, -0.05) is 6.07 Å². The SMILES string of the molecule is CNCc1cnc(Oc2cccc(F)c2)c(C)c1. The van der Waals surface area contributed by atoms with Crippen molar-refractivity contribution in [2.24, 2.45) is 0 Å². The van der Waals surface area contributed by atoms with Crippen molar-refractivity contribution in [3.63, 3.8) is 0 Å². The van der Waals surface area contributed by atoms with Crippen LogP contribution in [0.1, 0.15) is 11.1 Å². The molecular formula is C14H15FN2O. The molecule has 0 spiro atoms. The Hall–Kier alpha value is -1.94. The lowest BCUT2D eigenvalue weighted by atomic mass is 10.2. The molecule has 0 saturated heterocycles. The van der Waals surface area contributed by atoms with Crippen LogP contribution in [0.3, 0.4) is 0 Å².